The number of amides is 2. The number of nitrogens with zero attached hydrogens (tertiary/aromatic N) is 4. The maximum absolute atomic E-state index is 13.2. The van der Waals surface area contributed by atoms with Gasteiger partial charge < -0.3 is 14.5 Å². The van der Waals surface area contributed by atoms with Crippen molar-refractivity contribution in [3.63, 3.8) is 0 Å². The van der Waals surface area contributed by atoms with Crippen LogP contribution in [0.4, 0.5) is 19.4 Å². The average Bonchev–Trinajstić information content (AvgIpc) is 3.06. The van der Waals surface area contributed by atoms with Crippen LogP contribution in [0.5, 0.6) is 0 Å². The third-order valence-electron chi connectivity index (χ3n) is 6.54. The first-order valence-corrected chi connectivity index (χ1v) is 10.4. The van der Waals surface area contributed by atoms with Crippen molar-refractivity contribution in [1.29, 1.82) is 0 Å². The summed E-state index contributed by atoms with van der Waals surface area (Å²) in [7, 11) is 0. The van der Waals surface area contributed by atoms with Gasteiger partial charge in [0, 0.05) is 51.1 Å². The molecule has 4 heterocycles. The van der Waals surface area contributed by atoms with Crippen LogP contribution in [-0.4, -0.2) is 71.2 Å². The number of carbonyl (C=O) groups is 2. The molecule has 3 fully saturated rings. The molecule has 3 aliphatic heterocycles. The summed E-state index contributed by atoms with van der Waals surface area (Å²) in [6.45, 7) is 2.41. The fourth-order valence-electron chi connectivity index (χ4n) is 4.82. The number of benzene rings is 1. The first-order chi connectivity index (χ1) is 14.9. The van der Waals surface area contributed by atoms with Crippen LogP contribution in [0.25, 0.3) is 0 Å². The van der Waals surface area contributed by atoms with Gasteiger partial charge >= 0.3 is 6.09 Å². The molecule has 9 heteroatoms. The molecule has 1 spiro atoms. The Balaban J connectivity index is 1.31. The molecule has 162 valence electrons. The molecule has 0 N–H and O–H groups in total. The Kier molecular flexibility index (Phi) is 4.75. The highest BCUT2D eigenvalue weighted by Crippen LogP contribution is 2.41. The molecule has 0 radical (unpaired) electrons. The van der Waals surface area contributed by atoms with E-state index in [-0.39, 0.29) is 23.9 Å². The van der Waals surface area contributed by atoms with E-state index in [2.05, 4.69) is 4.98 Å². The molecule has 0 bridgehead atoms. The lowest BCUT2D eigenvalue weighted by Gasteiger charge is -2.45. The van der Waals surface area contributed by atoms with Gasteiger partial charge in [0.1, 0.15) is 23.1 Å². The lowest BCUT2D eigenvalue weighted by atomic mass is 9.83. The Bertz CT molecular complexity index is 991. The molecule has 1 aromatic carbocycles. The van der Waals surface area contributed by atoms with E-state index in [4.69, 9.17) is 4.74 Å². The minimum absolute atomic E-state index is 0.179. The predicted octanol–water partition coefficient (Wildman–Crippen LogP) is 2.68. The third kappa shape index (κ3) is 3.47. The first-order valence-electron chi connectivity index (χ1n) is 10.4. The number of hydrogen-bond donors (Lipinski definition) is 0. The van der Waals surface area contributed by atoms with Crippen molar-refractivity contribution in [3.05, 3.63) is 59.8 Å². The highest BCUT2D eigenvalue weighted by molar-refractivity contribution is 5.94. The van der Waals surface area contributed by atoms with Crippen LogP contribution in [0, 0.1) is 11.6 Å². The number of aromatic nitrogens is 1. The minimum atomic E-state index is -0.671. The van der Waals surface area contributed by atoms with Gasteiger partial charge in [-0.15, -0.1) is 0 Å². The van der Waals surface area contributed by atoms with Crippen molar-refractivity contribution in [1.82, 2.24) is 14.8 Å². The molecule has 2 amide bonds. The van der Waals surface area contributed by atoms with Gasteiger partial charge in [0.05, 0.1) is 12.2 Å². The van der Waals surface area contributed by atoms with E-state index in [1.54, 1.807) is 15.9 Å². The third-order valence-corrected chi connectivity index (χ3v) is 6.54. The number of anilines is 1. The lowest BCUT2D eigenvalue weighted by molar-refractivity contribution is -0.00320. The van der Waals surface area contributed by atoms with Crippen LogP contribution in [0.15, 0.2) is 42.6 Å². The summed E-state index contributed by atoms with van der Waals surface area (Å²) in [4.78, 5) is 35.1. The van der Waals surface area contributed by atoms with Crippen LogP contribution >= 0.6 is 0 Å². The Morgan fingerprint density at radius 3 is 2.39 bits per heavy atom. The van der Waals surface area contributed by atoms with Crippen LogP contribution in [0.1, 0.15) is 23.2 Å². The van der Waals surface area contributed by atoms with E-state index >= 15 is 0 Å². The molecule has 5 rings (SSSR count). The monoisotopic (exact) mass is 428 g/mol. The summed E-state index contributed by atoms with van der Waals surface area (Å²) in [6, 6.07) is 8.28. The molecule has 3 saturated heterocycles. The molecular weight excluding hydrogens is 406 g/mol. The summed E-state index contributed by atoms with van der Waals surface area (Å²) in [5, 5.41) is 0. The number of ether oxygens (including phenoxy) is 1. The molecule has 1 aromatic heterocycles. The second kappa shape index (κ2) is 7.47. The predicted molar refractivity (Wildman–Crippen MR) is 108 cm³/mol. The smallest absolute Gasteiger partial charge is 0.410 e. The van der Waals surface area contributed by atoms with E-state index in [1.807, 2.05) is 4.90 Å². The van der Waals surface area contributed by atoms with Gasteiger partial charge in [0.15, 0.2) is 0 Å². The quantitative estimate of drug-likeness (QED) is 0.736. The number of carbonyl (C=O) groups excluding carboxylic acids is 2. The second-order valence-electron chi connectivity index (χ2n) is 8.22. The zero-order valence-corrected chi connectivity index (χ0v) is 16.8. The molecule has 0 saturated carbocycles. The van der Waals surface area contributed by atoms with E-state index in [9.17, 15) is 18.4 Å². The van der Waals surface area contributed by atoms with Crippen LogP contribution < -0.4 is 4.90 Å². The number of hydrogen-bond acceptors (Lipinski definition) is 5. The minimum Gasteiger partial charge on any atom is -0.440 e. The number of fused-ring (bicyclic) bond motifs is 2. The summed E-state index contributed by atoms with van der Waals surface area (Å²) in [5.41, 5.74) is -0.249. The van der Waals surface area contributed by atoms with Gasteiger partial charge in [-0.2, -0.15) is 0 Å². The van der Waals surface area contributed by atoms with Gasteiger partial charge in [-0.3, -0.25) is 9.69 Å². The van der Waals surface area contributed by atoms with Gasteiger partial charge in [0.2, 0.25) is 0 Å². The van der Waals surface area contributed by atoms with Gasteiger partial charge in [0.25, 0.3) is 5.91 Å². The molecule has 1 unspecified atom stereocenters. The number of piperidine rings is 1. The Labute approximate surface area is 178 Å². The zero-order chi connectivity index (χ0) is 21.6. The average molecular weight is 428 g/mol. The SMILES string of the molecule is O=C(c1ccc(F)cc1)N1CCN2C(=O)OC3(CCN(c4ccc(F)cn4)CC3)C2C1. The number of rotatable bonds is 2. The van der Waals surface area contributed by atoms with Crippen molar-refractivity contribution in [2.75, 3.05) is 37.6 Å². The van der Waals surface area contributed by atoms with E-state index in [0.717, 1.165) is 0 Å². The van der Waals surface area contributed by atoms with E-state index in [1.165, 1.54) is 36.5 Å². The van der Waals surface area contributed by atoms with E-state index < -0.39 is 11.4 Å². The topological polar surface area (TPSA) is 66.0 Å². The van der Waals surface area contributed by atoms with Crippen molar-refractivity contribution in [3.8, 4) is 0 Å². The lowest BCUT2D eigenvalue weighted by Crippen LogP contribution is -2.61. The summed E-state index contributed by atoms with van der Waals surface area (Å²) in [6.07, 6.45) is 2.04. The maximum atomic E-state index is 13.2. The molecule has 0 aliphatic carbocycles. The fourth-order valence-corrected chi connectivity index (χ4v) is 4.82. The van der Waals surface area contributed by atoms with Gasteiger partial charge in [-0.1, -0.05) is 0 Å². The van der Waals surface area contributed by atoms with E-state index in [0.29, 0.717) is 56.9 Å². The van der Waals surface area contributed by atoms with Crippen molar-refractivity contribution in [2.45, 2.75) is 24.5 Å². The maximum Gasteiger partial charge on any atom is 0.410 e. The Morgan fingerprint density at radius 2 is 1.71 bits per heavy atom. The summed E-state index contributed by atoms with van der Waals surface area (Å²) in [5.74, 6) is -0.264. The van der Waals surface area contributed by atoms with Crippen LogP contribution in [-0.2, 0) is 4.74 Å². The van der Waals surface area contributed by atoms with Crippen LogP contribution in [0.2, 0.25) is 0 Å². The number of pyridine rings is 1. The van der Waals surface area contributed by atoms with Crippen molar-refractivity contribution < 1.29 is 23.1 Å². The number of halogens is 2. The molecule has 3 aliphatic rings. The van der Waals surface area contributed by atoms with Crippen molar-refractivity contribution in [2.24, 2.45) is 0 Å². The highest BCUT2D eigenvalue weighted by Gasteiger charge is 2.57. The number of piperazine rings is 1. The Hall–Kier alpha value is -3.23. The summed E-state index contributed by atoms with van der Waals surface area (Å²) < 4.78 is 32.3. The van der Waals surface area contributed by atoms with Crippen molar-refractivity contribution >= 4 is 17.8 Å². The molecular formula is C22H22F2N4O3. The molecule has 31 heavy (non-hydrogen) atoms. The standard InChI is InChI=1S/C22H22F2N4O3/c23-16-3-1-15(2-4-16)20(29)27-11-12-28-18(14-27)22(31-21(28)30)7-9-26(10-8-22)19-6-5-17(24)13-25-19/h1-6,13,18H,7-12,14H2. The van der Waals surface area contributed by atoms with Gasteiger partial charge in [-0.05, 0) is 36.4 Å². The summed E-state index contributed by atoms with van der Waals surface area (Å²) >= 11 is 0. The second-order valence-corrected chi connectivity index (χ2v) is 8.22. The highest BCUT2D eigenvalue weighted by atomic mass is 19.1. The first kappa shape index (κ1) is 19.7. The van der Waals surface area contributed by atoms with Gasteiger partial charge in [-0.25, -0.2) is 18.6 Å². The normalized spacial score (nSPS) is 22.5. The fraction of sp³-hybridized carbons (Fsp3) is 0.409. The molecule has 7 nitrogen and oxygen atoms in total. The molecule has 2 aromatic rings. The largest absolute Gasteiger partial charge is 0.440 e. The van der Waals surface area contributed by atoms with Crippen LogP contribution in [0.3, 0.4) is 0 Å². The zero-order valence-electron chi connectivity index (χ0n) is 16.8. The Morgan fingerprint density at radius 1 is 1.00 bits per heavy atom. The molecule has 1 atom stereocenters.